The van der Waals surface area contributed by atoms with Crippen molar-refractivity contribution in [1.29, 1.82) is 0 Å². The lowest BCUT2D eigenvalue weighted by Gasteiger charge is -2.04. The summed E-state index contributed by atoms with van der Waals surface area (Å²) in [4.78, 5) is 11.4. The number of carbonyl (C=O) groups is 1. The monoisotopic (exact) mass is 335 g/mol. The zero-order chi connectivity index (χ0) is 11.3. The first-order valence-electron chi connectivity index (χ1n) is 4.42. The third kappa shape index (κ3) is 3.90. The highest BCUT2D eigenvalue weighted by Crippen LogP contribution is 2.13. The number of hydrogen-bond acceptors (Lipinski definition) is 2. The summed E-state index contributed by atoms with van der Waals surface area (Å²) in [5.74, 6) is -1.15. The van der Waals surface area contributed by atoms with E-state index in [-0.39, 0.29) is 5.56 Å². The Hall–Kier alpha value is -0.433. The Bertz CT molecular complexity index is 357. The van der Waals surface area contributed by atoms with Gasteiger partial charge in [0.15, 0.2) is 0 Å². The number of carbonyl (C=O) groups excluding carboxylic acids is 1. The van der Waals surface area contributed by atoms with Crippen molar-refractivity contribution < 1.29 is 13.9 Å². The van der Waals surface area contributed by atoms with E-state index < -0.39 is 11.8 Å². The van der Waals surface area contributed by atoms with Gasteiger partial charge in [-0.25, -0.2) is 9.18 Å². The first-order chi connectivity index (χ1) is 7.15. The second kappa shape index (κ2) is 6.22. The molecule has 0 fully saturated rings. The first-order valence-corrected chi connectivity index (χ1v) is 6.20. The molecule has 0 unspecified atom stereocenters. The molecule has 0 aliphatic heterocycles. The van der Waals surface area contributed by atoms with Crippen LogP contribution in [0.2, 0.25) is 6.04 Å². The maximum absolute atomic E-state index is 13.2. The molecule has 0 heterocycles. The Morgan fingerprint density at radius 1 is 1.53 bits per heavy atom. The fraction of sp³-hybridized carbons (Fsp3) is 0.300. The van der Waals surface area contributed by atoms with Crippen molar-refractivity contribution in [2.24, 2.45) is 0 Å². The van der Waals surface area contributed by atoms with Crippen LogP contribution in [0, 0.1) is 9.39 Å². The molecule has 0 aromatic heterocycles. The van der Waals surface area contributed by atoms with E-state index in [0.29, 0.717) is 13.0 Å². The molecule has 5 heteroatoms. The van der Waals surface area contributed by atoms with Gasteiger partial charge in [0.1, 0.15) is 5.82 Å². The predicted molar refractivity (Wildman–Crippen MR) is 64.6 cm³/mol. The SMILES string of the molecule is O=C(OCCC[Si])c1cc(I)ccc1F. The second-order valence-corrected chi connectivity index (χ2v) is 4.61. The number of halogens is 2. The molecule has 0 bridgehead atoms. The van der Waals surface area contributed by atoms with Crippen LogP contribution in [0.5, 0.6) is 0 Å². The Balaban J connectivity index is 2.68. The van der Waals surface area contributed by atoms with Gasteiger partial charge in [-0.15, -0.1) is 0 Å². The minimum Gasteiger partial charge on any atom is -0.462 e. The molecule has 2 nitrogen and oxygen atoms in total. The Morgan fingerprint density at radius 2 is 2.27 bits per heavy atom. The lowest BCUT2D eigenvalue weighted by atomic mass is 10.2. The van der Waals surface area contributed by atoms with Gasteiger partial charge in [-0.05, 0) is 47.2 Å². The lowest BCUT2D eigenvalue weighted by Crippen LogP contribution is -2.08. The number of ether oxygens (including phenoxy) is 1. The molecule has 0 amide bonds. The summed E-state index contributed by atoms with van der Waals surface area (Å²) in [5.41, 5.74) is -0.00383. The van der Waals surface area contributed by atoms with Crippen molar-refractivity contribution in [1.82, 2.24) is 0 Å². The van der Waals surface area contributed by atoms with Gasteiger partial charge < -0.3 is 4.74 Å². The van der Waals surface area contributed by atoms with Crippen molar-refractivity contribution in [2.45, 2.75) is 12.5 Å². The van der Waals surface area contributed by atoms with Crippen molar-refractivity contribution >= 4 is 38.8 Å². The fourth-order valence-corrected chi connectivity index (χ4v) is 1.60. The van der Waals surface area contributed by atoms with Gasteiger partial charge in [-0.1, -0.05) is 6.04 Å². The molecule has 0 aliphatic rings. The summed E-state index contributed by atoms with van der Waals surface area (Å²) in [7, 11) is 3.26. The van der Waals surface area contributed by atoms with Crippen molar-refractivity contribution in [2.75, 3.05) is 6.61 Å². The summed E-state index contributed by atoms with van der Waals surface area (Å²) in [6.45, 7) is 0.299. The van der Waals surface area contributed by atoms with E-state index in [1.807, 2.05) is 22.6 Å². The summed E-state index contributed by atoms with van der Waals surface area (Å²) < 4.78 is 18.9. The molecule has 3 radical (unpaired) electrons. The molecule has 0 saturated carbocycles. The van der Waals surface area contributed by atoms with Crippen LogP contribution in [0.15, 0.2) is 18.2 Å². The molecule has 79 valence electrons. The highest BCUT2D eigenvalue weighted by molar-refractivity contribution is 14.1. The molecule has 0 N–H and O–H groups in total. The van der Waals surface area contributed by atoms with Gasteiger partial charge in [0.25, 0.3) is 0 Å². The summed E-state index contributed by atoms with van der Waals surface area (Å²) in [5, 5.41) is 0. The molecular formula is C10H9FIO2Si. The third-order valence-electron chi connectivity index (χ3n) is 1.70. The van der Waals surface area contributed by atoms with Crippen molar-refractivity contribution in [3.8, 4) is 0 Å². The maximum Gasteiger partial charge on any atom is 0.341 e. The van der Waals surface area contributed by atoms with Gasteiger partial charge in [0.05, 0.1) is 12.2 Å². The van der Waals surface area contributed by atoms with Crippen LogP contribution in [0.3, 0.4) is 0 Å². The molecule has 0 spiro atoms. The highest BCUT2D eigenvalue weighted by atomic mass is 127. The number of esters is 1. The van der Waals surface area contributed by atoms with Gasteiger partial charge in [0, 0.05) is 13.8 Å². The van der Waals surface area contributed by atoms with Crippen LogP contribution in [0.1, 0.15) is 16.8 Å². The summed E-state index contributed by atoms with van der Waals surface area (Å²) in [6.07, 6.45) is 0.716. The van der Waals surface area contributed by atoms with E-state index in [1.54, 1.807) is 6.07 Å². The predicted octanol–water partition coefficient (Wildman–Crippen LogP) is 2.56. The standard InChI is InChI=1S/C10H9FIO2Si/c11-9-3-2-7(12)6-8(9)10(13)14-4-1-5-15/h2-3,6H,1,4-5H2. The lowest BCUT2D eigenvalue weighted by molar-refractivity contribution is 0.0500. The zero-order valence-corrected chi connectivity index (χ0v) is 11.1. The van der Waals surface area contributed by atoms with Crippen molar-refractivity contribution in [3.05, 3.63) is 33.1 Å². The fourth-order valence-electron chi connectivity index (χ4n) is 0.969. The topological polar surface area (TPSA) is 26.3 Å². The van der Waals surface area contributed by atoms with Crippen LogP contribution >= 0.6 is 22.6 Å². The van der Waals surface area contributed by atoms with E-state index in [4.69, 9.17) is 4.74 Å². The van der Waals surface area contributed by atoms with E-state index in [0.717, 1.165) is 9.61 Å². The van der Waals surface area contributed by atoms with Gasteiger partial charge >= 0.3 is 5.97 Å². The van der Waals surface area contributed by atoms with E-state index in [2.05, 4.69) is 10.2 Å². The first kappa shape index (κ1) is 12.6. The highest BCUT2D eigenvalue weighted by Gasteiger charge is 2.12. The maximum atomic E-state index is 13.2. The molecule has 1 rings (SSSR count). The smallest absolute Gasteiger partial charge is 0.341 e. The average Bonchev–Trinajstić information content (AvgIpc) is 2.22. The summed E-state index contributed by atoms with van der Waals surface area (Å²) >= 11 is 2.02. The Labute approximate surface area is 105 Å². The molecule has 1 aromatic rings. The Morgan fingerprint density at radius 3 is 2.93 bits per heavy atom. The van der Waals surface area contributed by atoms with Crippen LogP contribution in [0.4, 0.5) is 4.39 Å². The average molecular weight is 335 g/mol. The summed E-state index contributed by atoms with van der Waals surface area (Å²) in [6, 6.07) is 5.10. The number of benzene rings is 1. The van der Waals surface area contributed by atoms with Gasteiger partial charge in [0.2, 0.25) is 0 Å². The second-order valence-electron chi connectivity index (χ2n) is 2.86. The molecule has 0 atom stereocenters. The van der Waals surface area contributed by atoms with Crippen LogP contribution in [-0.4, -0.2) is 22.8 Å². The minimum absolute atomic E-state index is 0.00383. The largest absolute Gasteiger partial charge is 0.462 e. The minimum atomic E-state index is -0.605. The molecule has 15 heavy (non-hydrogen) atoms. The van der Waals surface area contributed by atoms with Gasteiger partial charge in [-0.2, -0.15) is 0 Å². The Kier molecular flexibility index (Phi) is 5.24. The normalized spacial score (nSPS) is 10.1. The molecular weight excluding hydrogens is 326 g/mol. The molecule has 0 aliphatic carbocycles. The molecule has 1 aromatic carbocycles. The van der Waals surface area contributed by atoms with Crippen LogP contribution in [-0.2, 0) is 4.74 Å². The number of hydrogen-bond donors (Lipinski definition) is 0. The van der Waals surface area contributed by atoms with E-state index in [1.165, 1.54) is 12.1 Å². The zero-order valence-electron chi connectivity index (χ0n) is 7.93. The van der Waals surface area contributed by atoms with Crippen molar-refractivity contribution in [3.63, 3.8) is 0 Å². The quantitative estimate of drug-likeness (QED) is 0.366. The van der Waals surface area contributed by atoms with Gasteiger partial charge in [-0.3, -0.25) is 0 Å². The van der Waals surface area contributed by atoms with Crippen LogP contribution in [0.25, 0.3) is 0 Å². The third-order valence-corrected chi connectivity index (χ3v) is 2.73. The van der Waals surface area contributed by atoms with Crippen LogP contribution < -0.4 is 0 Å². The molecule has 0 saturated heterocycles. The van der Waals surface area contributed by atoms with E-state index >= 15 is 0 Å². The van der Waals surface area contributed by atoms with E-state index in [9.17, 15) is 9.18 Å². The number of rotatable bonds is 4.